The second-order valence-corrected chi connectivity index (χ2v) is 2.78. The van der Waals surface area contributed by atoms with Gasteiger partial charge in [0.15, 0.2) is 0 Å². The standard InChI is InChI=1S/C9H11FN2O2/c1-5-3-7(10)6(9(13)12-11)4-8(5)14-2/h3-4H,11H2,1-2H3,(H,12,13). The van der Waals surface area contributed by atoms with Crippen molar-refractivity contribution in [2.75, 3.05) is 7.11 Å². The van der Waals surface area contributed by atoms with Crippen LogP contribution < -0.4 is 16.0 Å². The molecule has 0 bridgehead atoms. The lowest BCUT2D eigenvalue weighted by atomic mass is 10.1. The fourth-order valence-corrected chi connectivity index (χ4v) is 1.12. The molecule has 0 fully saturated rings. The van der Waals surface area contributed by atoms with Gasteiger partial charge in [0.2, 0.25) is 0 Å². The normalized spacial score (nSPS) is 9.71. The van der Waals surface area contributed by atoms with Crippen LogP contribution in [0.1, 0.15) is 15.9 Å². The zero-order valence-electron chi connectivity index (χ0n) is 7.93. The molecule has 0 aromatic heterocycles. The lowest BCUT2D eigenvalue weighted by Gasteiger charge is -2.07. The molecule has 0 atom stereocenters. The molecule has 76 valence electrons. The molecule has 14 heavy (non-hydrogen) atoms. The lowest BCUT2D eigenvalue weighted by molar-refractivity contribution is 0.0949. The van der Waals surface area contributed by atoms with Crippen LogP contribution in [0.5, 0.6) is 5.75 Å². The molecule has 0 radical (unpaired) electrons. The van der Waals surface area contributed by atoms with Crippen LogP contribution in [-0.2, 0) is 0 Å². The van der Waals surface area contributed by atoms with Crippen molar-refractivity contribution in [3.63, 3.8) is 0 Å². The Kier molecular flexibility index (Phi) is 3.03. The van der Waals surface area contributed by atoms with E-state index in [0.29, 0.717) is 11.3 Å². The number of methoxy groups -OCH3 is 1. The van der Waals surface area contributed by atoms with Crippen molar-refractivity contribution >= 4 is 5.91 Å². The second kappa shape index (κ2) is 4.06. The van der Waals surface area contributed by atoms with E-state index in [4.69, 9.17) is 10.6 Å². The third-order valence-corrected chi connectivity index (χ3v) is 1.86. The number of nitrogens with two attached hydrogens (primary N) is 1. The lowest BCUT2D eigenvalue weighted by Crippen LogP contribution is -2.30. The molecule has 0 aliphatic heterocycles. The highest BCUT2D eigenvalue weighted by molar-refractivity contribution is 5.94. The zero-order valence-corrected chi connectivity index (χ0v) is 7.93. The number of hydrazine groups is 1. The minimum atomic E-state index is -0.680. The molecule has 0 heterocycles. The number of aryl methyl sites for hydroxylation is 1. The SMILES string of the molecule is COc1cc(C(=O)NN)c(F)cc1C. The topological polar surface area (TPSA) is 64.3 Å². The van der Waals surface area contributed by atoms with E-state index in [9.17, 15) is 9.18 Å². The Bertz CT molecular complexity index is 366. The quantitative estimate of drug-likeness (QED) is 0.418. The number of ether oxygens (including phenoxy) is 1. The maximum absolute atomic E-state index is 13.2. The maximum atomic E-state index is 13.2. The van der Waals surface area contributed by atoms with Crippen LogP contribution in [-0.4, -0.2) is 13.0 Å². The highest BCUT2D eigenvalue weighted by Gasteiger charge is 2.13. The average molecular weight is 198 g/mol. The van der Waals surface area contributed by atoms with Crippen LogP contribution in [0.15, 0.2) is 12.1 Å². The van der Waals surface area contributed by atoms with Gasteiger partial charge in [-0.15, -0.1) is 0 Å². The van der Waals surface area contributed by atoms with Crippen molar-refractivity contribution in [1.29, 1.82) is 0 Å². The Balaban J connectivity index is 3.24. The first-order chi connectivity index (χ1) is 6.60. The van der Waals surface area contributed by atoms with Crippen LogP contribution in [0.4, 0.5) is 4.39 Å². The van der Waals surface area contributed by atoms with E-state index in [-0.39, 0.29) is 5.56 Å². The van der Waals surface area contributed by atoms with Crippen LogP contribution in [0.3, 0.4) is 0 Å². The van der Waals surface area contributed by atoms with E-state index in [2.05, 4.69) is 0 Å². The predicted octanol–water partition coefficient (Wildman–Crippen LogP) is 0.746. The number of amides is 1. The fourth-order valence-electron chi connectivity index (χ4n) is 1.12. The summed E-state index contributed by atoms with van der Waals surface area (Å²) in [7, 11) is 1.45. The van der Waals surface area contributed by atoms with Gasteiger partial charge in [-0.25, -0.2) is 10.2 Å². The molecule has 4 nitrogen and oxygen atoms in total. The van der Waals surface area contributed by atoms with Crippen LogP contribution in [0, 0.1) is 12.7 Å². The molecule has 5 heteroatoms. The van der Waals surface area contributed by atoms with Crippen molar-refractivity contribution in [1.82, 2.24) is 5.43 Å². The molecule has 3 N–H and O–H groups in total. The van der Waals surface area contributed by atoms with Crippen molar-refractivity contribution in [2.45, 2.75) is 6.92 Å². The predicted molar refractivity (Wildman–Crippen MR) is 49.3 cm³/mol. The number of carbonyl (C=O) groups excluding carboxylic acids is 1. The summed E-state index contributed by atoms with van der Waals surface area (Å²) in [6, 6.07) is 2.54. The van der Waals surface area contributed by atoms with Gasteiger partial charge in [0.1, 0.15) is 11.6 Å². The fraction of sp³-hybridized carbons (Fsp3) is 0.222. The monoisotopic (exact) mass is 198 g/mol. The first-order valence-electron chi connectivity index (χ1n) is 3.95. The molecule has 0 saturated heterocycles. The van der Waals surface area contributed by atoms with Gasteiger partial charge in [-0.1, -0.05) is 0 Å². The summed E-state index contributed by atoms with van der Waals surface area (Å²) < 4.78 is 18.2. The van der Waals surface area contributed by atoms with E-state index >= 15 is 0 Å². The van der Waals surface area contributed by atoms with Gasteiger partial charge in [0.05, 0.1) is 12.7 Å². The minimum Gasteiger partial charge on any atom is -0.496 e. The number of carbonyl (C=O) groups is 1. The highest BCUT2D eigenvalue weighted by Crippen LogP contribution is 2.21. The second-order valence-electron chi connectivity index (χ2n) is 2.78. The van der Waals surface area contributed by atoms with Gasteiger partial charge < -0.3 is 4.74 Å². The zero-order chi connectivity index (χ0) is 10.7. The first kappa shape index (κ1) is 10.5. The third kappa shape index (κ3) is 1.82. The molecule has 0 aliphatic carbocycles. The van der Waals surface area contributed by atoms with Gasteiger partial charge in [-0.05, 0) is 24.6 Å². The van der Waals surface area contributed by atoms with E-state index < -0.39 is 11.7 Å². The Morgan fingerprint density at radius 1 is 1.57 bits per heavy atom. The molecule has 1 amide bonds. The van der Waals surface area contributed by atoms with Gasteiger partial charge in [0.25, 0.3) is 5.91 Å². The van der Waals surface area contributed by atoms with Crippen LogP contribution in [0.25, 0.3) is 0 Å². The molecular weight excluding hydrogens is 187 g/mol. The van der Waals surface area contributed by atoms with E-state index in [1.54, 1.807) is 6.92 Å². The number of hydrogen-bond donors (Lipinski definition) is 2. The minimum absolute atomic E-state index is 0.130. The van der Waals surface area contributed by atoms with Crippen LogP contribution in [0.2, 0.25) is 0 Å². The molecule has 0 saturated carbocycles. The number of nitrogens with one attached hydrogen (secondary N) is 1. The van der Waals surface area contributed by atoms with Gasteiger partial charge >= 0.3 is 0 Å². The first-order valence-corrected chi connectivity index (χ1v) is 3.95. The van der Waals surface area contributed by atoms with Gasteiger partial charge in [-0.3, -0.25) is 10.2 Å². The summed E-state index contributed by atoms with van der Waals surface area (Å²) in [6.07, 6.45) is 0. The average Bonchev–Trinajstić information content (AvgIpc) is 2.17. The van der Waals surface area contributed by atoms with Crippen molar-refractivity contribution in [3.8, 4) is 5.75 Å². The summed E-state index contributed by atoms with van der Waals surface area (Å²) in [5, 5.41) is 0. The van der Waals surface area contributed by atoms with Crippen molar-refractivity contribution in [3.05, 3.63) is 29.1 Å². The highest BCUT2D eigenvalue weighted by atomic mass is 19.1. The summed E-state index contributed by atoms with van der Waals surface area (Å²) in [5.74, 6) is 4.05. The van der Waals surface area contributed by atoms with Gasteiger partial charge in [0, 0.05) is 0 Å². The number of rotatable bonds is 2. The molecular formula is C9H11FN2O2. The summed E-state index contributed by atoms with van der Waals surface area (Å²) >= 11 is 0. The Hall–Kier alpha value is -1.62. The molecule has 0 unspecified atom stereocenters. The Labute approximate surface area is 80.8 Å². The van der Waals surface area contributed by atoms with Gasteiger partial charge in [-0.2, -0.15) is 0 Å². The van der Waals surface area contributed by atoms with E-state index in [0.717, 1.165) is 0 Å². The van der Waals surface area contributed by atoms with Crippen molar-refractivity contribution < 1.29 is 13.9 Å². The summed E-state index contributed by atoms with van der Waals surface area (Å²) in [5.41, 5.74) is 2.35. The Morgan fingerprint density at radius 2 is 2.21 bits per heavy atom. The summed E-state index contributed by atoms with van der Waals surface area (Å²) in [4.78, 5) is 11.1. The Morgan fingerprint density at radius 3 is 2.71 bits per heavy atom. The number of nitrogen functional groups attached to an aromatic ring is 1. The number of halogens is 1. The van der Waals surface area contributed by atoms with Crippen LogP contribution >= 0.6 is 0 Å². The van der Waals surface area contributed by atoms with E-state index in [1.165, 1.54) is 19.2 Å². The maximum Gasteiger partial charge on any atom is 0.268 e. The van der Waals surface area contributed by atoms with E-state index in [1.807, 2.05) is 5.43 Å². The molecule has 1 rings (SSSR count). The largest absolute Gasteiger partial charge is 0.496 e. The molecule has 1 aromatic carbocycles. The number of hydrogen-bond acceptors (Lipinski definition) is 3. The number of benzene rings is 1. The third-order valence-electron chi connectivity index (χ3n) is 1.86. The molecule has 0 spiro atoms. The summed E-state index contributed by atoms with van der Waals surface area (Å²) in [6.45, 7) is 1.69. The van der Waals surface area contributed by atoms with Crippen molar-refractivity contribution in [2.24, 2.45) is 5.84 Å². The molecule has 0 aliphatic rings. The molecule has 1 aromatic rings. The smallest absolute Gasteiger partial charge is 0.268 e.